The standard InChI is InChI=1S/C26H52O/c1-4-6-7-8-9-10-11-12-13-14-17-20-23-26(3)24-21-18-15-16-19-22-25-27-5-2/h5,26H,2,4,6-25H2,1,3H3. The van der Waals surface area contributed by atoms with Crippen molar-refractivity contribution in [2.24, 2.45) is 5.92 Å². The van der Waals surface area contributed by atoms with Crippen LogP contribution in [0.3, 0.4) is 0 Å². The fourth-order valence-corrected chi connectivity index (χ4v) is 3.95. The molecule has 0 fully saturated rings. The highest BCUT2D eigenvalue weighted by molar-refractivity contribution is 4.56. The summed E-state index contributed by atoms with van der Waals surface area (Å²) in [4.78, 5) is 0. The first-order valence-corrected chi connectivity index (χ1v) is 12.5. The Bertz CT molecular complexity index is 273. The predicted molar refractivity (Wildman–Crippen MR) is 123 cm³/mol. The number of hydrogen-bond donors (Lipinski definition) is 0. The molecule has 0 aliphatic carbocycles. The topological polar surface area (TPSA) is 9.23 Å². The third kappa shape index (κ3) is 23.5. The summed E-state index contributed by atoms with van der Waals surface area (Å²) in [5, 5.41) is 0. The van der Waals surface area contributed by atoms with Crippen LogP contribution >= 0.6 is 0 Å². The minimum atomic E-state index is 0.847. The van der Waals surface area contributed by atoms with Crippen LogP contribution in [-0.4, -0.2) is 6.61 Å². The van der Waals surface area contributed by atoms with Gasteiger partial charge in [-0.2, -0.15) is 0 Å². The molecule has 1 nitrogen and oxygen atoms in total. The largest absolute Gasteiger partial charge is 0.502 e. The average molecular weight is 381 g/mol. The predicted octanol–water partition coefficient (Wildman–Crippen LogP) is 9.60. The Labute approximate surface area is 172 Å². The molecule has 0 aliphatic rings. The number of rotatable bonds is 23. The van der Waals surface area contributed by atoms with E-state index in [9.17, 15) is 0 Å². The molecule has 0 aromatic rings. The number of unbranched alkanes of at least 4 members (excludes halogenated alkanes) is 16. The van der Waals surface area contributed by atoms with E-state index in [0.29, 0.717) is 0 Å². The Balaban J connectivity index is 3.13. The lowest BCUT2D eigenvalue weighted by Crippen LogP contribution is -1.95. The van der Waals surface area contributed by atoms with Gasteiger partial charge < -0.3 is 4.74 Å². The van der Waals surface area contributed by atoms with Gasteiger partial charge in [0.05, 0.1) is 12.9 Å². The normalized spacial score (nSPS) is 12.2. The maximum atomic E-state index is 5.15. The molecule has 162 valence electrons. The monoisotopic (exact) mass is 380 g/mol. The van der Waals surface area contributed by atoms with E-state index in [0.717, 1.165) is 12.5 Å². The first kappa shape index (κ1) is 26.5. The van der Waals surface area contributed by atoms with Gasteiger partial charge in [-0.1, -0.05) is 142 Å². The van der Waals surface area contributed by atoms with Crippen LogP contribution in [0.15, 0.2) is 12.8 Å². The van der Waals surface area contributed by atoms with Crippen LogP contribution in [0.5, 0.6) is 0 Å². The molecule has 0 aromatic carbocycles. The highest BCUT2D eigenvalue weighted by Gasteiger charge is 2.02. The van der Waals surface area contributed by atoms with Gasteiger partial charge in [-0.3, -0.25) is 0 Å². The second-order valence-corrected chi connectivity index (χ2v) is 8.73. The minimum Gasteiger partial charge on any atom is -0.502 e. The molecule has 0 aliphatic heterocycles. The second-order valence-electron chi connectivity index (χ2n) is 8.73. The molecule has 0 aromatic heterocycles. The van der Waals surface area contributed by atoms with E-state index in [1.807, 2.05) is 0 Å². The molecule has 0 saturated heterocycles. The van der Waals surface area contributed by atoms with E-state index in [4.69, 9.17) is 4.74 Å². The van der Waals surface area contributed by atoms with Gasteiger partial charge in [0.1, 0.15) is 0 Å². The van der Waals surface area contributed by atoms with E-state index in [-0.39, 0.29) is 0 Å². The summed E-state index contributed by atoms with van der Waals surface area (Å²) in [6.45, 7) is 9.18. The van der Waals surface area contributed by atoms with E-state index in [1.165, 1.54) is 128 Å². The van der Waals surface area contributed by atoms with Gasteiger partial charge in [-0.05, 0) is 12.3 Å². The molecule has 0 saturated carbocycles. The molecule has 1 unspecified atom stereocenters. The maximum absolute atomic E-state index is 5.15. The van der Waals surface area contributed by atoms with Gasteiger partial charge in [0, 0.05) is 0 Å². The molecule has 27 heavy (non-hydrogen) atoms. The fourth-order valence-electron chi connectivity index (χ4n) is 3.95. The third-order valence-corrected chi connectivity index (χ3v) is 5.88. The van der Waals surface area contributed by atoms with Crippen molar-refractivity contribution in [3.05, 3.63) is 12.8 Å². The molecule has 1 atom stereocenters. The zero-order valence-electron chi connectivity index (χ0n) is 19.1. The van der Waals surface area contributed by atoms with Crippen LogP contribution in [-0.2, 0) is 4.74 Å². The summed E-state index contributed by atoms with van der Waals surface area (Å²) >= 11 is 0. The van der Waals surface area contributed by atoms with E-state index >= 15 is 0 Å². The first-order valence-electron chi connectivity index (χ1n) is 12.5. The van der Waals surface area contributed by atoms with Crippen LogP contribution < -0.4 is 0 Å². The van der Waals surface area contributed by atoms with Gasteiger partial charge in [0.2, 0.25) is 0 Å². The van der Waals surface area contributed by atoms with Crippen molar-refractivity contribution < 1.29 is 4.74 Å². The van der Waals surface area contributed by atoms with Crippen molar-refractivity contribution in [1.29, 1.82) is 0 Å². The van der Waals surface area contributed by atoms with Crippen molar-refractivity contribution >= 4 is 0 Å². The Morgan fingerprint density at radius 1 is 0.593 bits per heavy atom. The first-order chi connectivity index (χ1) is 13.3. The van der Waals surface area contributed by atoms with Gasteiger partial charge in [0.15, 0.2) is 0 Å². The summed E-state index contributed by atoms with van der Waals surface area (Å²) in [7, 11) is 0. The smallest absolute Gasteiger partial charge is 0.0873 e. The zero-order valence-corrected chi connectivity index (χ0v) is 19.1. The molecule has 0 heterocycles. The van der Waals surface area contributed by atoms with Crippen LogP contribution in [0.25, 0.3) is 0 Å². The Kier molecular flexibility index (Phi) is 23.2. The fraction of sp³-hybridized carbons (Fsp3) is 0.923. The van der Waals surface area contributed by atoms with Crippen LogP contribution in [0, 0.1) is 5.92 Å². The molecule has 0 radical (unpaired) electrons. The van der Waals surface area contributed by atoms with Crippen molar-refractivity contribution in [2.45, 2.75) is 142 Å². The molecular weight excluding hydrogens is 328 g/mol. The van der Waals surface area contributed by atoms with Crippen molar-refractivity contribution in [2.75, 3.05) is 6.61 Å². The lowest BCUT2D eigenvalue weighted by molar-refractivity contribution is 0.241. The highest BCUT2D eigenvalue weighted by atomic mass is 16.5. The van der Waals surface area contributed by atoms with Crippen LogP contribution in [0.1, 0.15) is 142 Å². The van der Waals surface area contributed by atoms with Gasteiger partial charge in [-0.15, -0.1) is 0 Å². The molecular formula is C26H52O. The highest BCUT2D eigenvalue weighted by Crippen LogP contribution is 2.19. The molecule has 1 heteroatoms. The Morgan fingerprint density at radius 2 is 0.963 bits per heavy atom. The number of hydrogen-bond acceptors (Lipinski definition) is 1. The minimum absolute atomic E-state index is 0.847. The van der Waals surface area contributed by atoms with Crippen molar-refractivity contribution in [3.63, 3.8) is 0 Å². The van der Waals surface area contributed by atoms with Crippen molar-refractivity contribution in [3.8, 4) is 0 Å². The summed E-state index contributed by atoms with van der Waals surface area (Å²) in [5.74, 6) is 0.939. The molecule has 0 N–H and O–H groups in total. The summed E-state index contributed by atoms with van der Waals surface area (Å²) in [5.41, 5.74) is 0. The van der Waals surface area contributed by atoms with E-state index in [2.05, 4.69) is 20.4 Å². The summed E-state index contributed by atoms with van der Waals surface area (Å²) in [6, 6.07) is 0. The third-order valence-electron chi connectivity index (χ3n) is 5.88. The Morgan fingerprint density at radius 3 is 1.37 bits per heavy atom. The van der Waals surface area contributed by atoms with E-state index < -0.39 is 0 Å². The van der Waals surface area contributed by atoms with Gasteiger partial charge in [-0.25, -0.2) is 0 Å². The summed E-state index contributed by atoms with van der Waals surface area (Å²) < 4.78 is 5.15. The van der Waals surface area contributed by atoms with Gasteiger partial charge >= 0.3 is 0 Å². The lowest BCUT2D eigenvalue weighted by Gasteiger charge is -2.11. The molecule has 0 amide bonds. The number of ether oxygens (including phenoxy) is 1. The van der Waals surface area contributed by atoms with Crippen LogP contribution in [0.2, 0.25) is 0 Å². The molecule has 0 bridgehead atoms. The summed E-state index contributed by atoms with van der Waals surface area (Å²) in [6.07, 6.45) is 30.1. The second kappa shape index (κ2) is 23.6. The quantitative estimate of drug-likeness (QED) is 0.127. The average Bonchev–Trinajstić information content (AvgIpc) is 2.67. The lowest BCUT2D eigenvalue weighted by atomic mass is 9.96. The zero-order chi connectivity index (χ0) is 19.8. The Hall–Kier alpha value is -0.460. The van der Waals surface area contributed by atoms with Gasteiger partial charge in [0.25, 0.3) is 0 Å². The van der Waals surface area contributed by atoms with Crippen molar-refractivity contribution in [1.82, 2.24) is 0 Å². The van der Waals surface area contributed by atoms with Crippen LogP contribution in [0.4, 0.5) is 0 Å². The molecule has 0 spiro atoms. The SMILES string of the molecule is C=COCCCCCCCCC(C)CCCCCCCCCCCCCC. The van der Waals surface area contributed by atoms with E-state index in [1.54, 1.807) is 6.26 Å². The molecule has 0 rings (SSSR count). The maximum Gasteiger partial charge on any atom is 0.0873 e.